The van der Waals surface area contributed by atoms with Crippen molar-refractivity contribution in [2.24, 2.45) is 11.8 Å². The van der Waals surface area contributed by atoms with E-state index < -0.39 is 5.54 Å². The van der Waals surface area contributed by atoms with Crippen molar-refractivity contribution in [1.29, 1.82) is 0 Å². The smallest absolute Gasteiger partial charge is 0.249 e. The summed E-state index contributed by atoms with van der Waals surface area (Å²) in [5.41, 5.74) is -0.678. The van der Waals surface area contributed by atoms with Crippen LogP contribution < -0.4 is 5.32 Å². The highest BCUT2D eigenvalue weighted by molar-refractivity contribution is 6.00. The average molecular weight is 294 g/mol. The summed E-state index contributed by atoms with van der Waals surface area (Å²) >= 11 is 0. The molecule has 120 valence electrons. The summed E-state index contributed by atoms with van der Waals surface area (Å²) in [7, 11) is 0. The number of carbonyl (C=O) groups is 2. The van der Waals surface area contributed by atoms with E-state index in [1.807, 2.05) is 11.8 Å². The topological polar surface area (TPSA) is 49.4 Å². The van der Waals surface area contributed by atoms with Crippen LogP contribution in [0.2, 0.25) is 0 Å². The molecule has 4 unspecified atom stereocenters. The molecule has 0 bridgehead atoms. The fraction of sp³-hybridized carbons (Fsp3) is 0.882. The van der Waals surface area contributed by atoms with E-state index in [-0.39, 0.29) is 29.8 Å². The van der Waals surface area contributed by atoms with E-state index in [9.17, 15) is 9.59 Å². The minimum absolute atomic E-state index is 0.0429. The summed E-state index contributed by atoms with van der Waals surface area (Å²) in [6.07, 6.45) is 4.98. The Morgan fingerprint density at radius 1 is 1.29 bits per heavy atom. The lowest BCUT2D eigenvalue weighted by Crippen LogP contribution is -2.72. The van der Waals surface area contributed by atoms with Crippen LogP contribution in [0, 0.1) is 11.8 Å². The molecule has 2 amide bonds. The van der Waals surface area contributed by atoms with Gasteiger partial charge < -0.3 is 10.2 Å². The summed E-state index contributed by atoms with van der Waals surface area (Å²) in [6, 6.07) is -0.179. The number of hydrogen-bond acceptors (Lipinski definition) is 2. The van der Waals surface area contributed by atoms with Crippen LogP contribution in [-0.2, 0) is 9.59 Å². The maximum absolute atomic E-state index is 13.1. The van der Waals surface area contributed by atoms with E-state index in [2.05, 4.69) is 33.0 Å². The van der Waals surface area contributed by atoms with Gasteiger partial charge in [0.25, 0.3) is 0 Å². The second-order valence-corrected chi connectivity index (χ2v) is 7.15. The van der Waals surface area contributed by atoms with Gasteiger partial charge in [0.2, 0.25) is 11.8 Å². The molecule has 0 spiro atoms. The lowest BCUT2D eigenvalue weighted by molar-refractivity contribution is -0.160. The zero-order valence-electron chi connectivity index (χ0n) is 14.1. The van der Waals surface area contributed by atoms with Crippen LogP contribution in [0.4, 0.5) is 0 Å². The molecule has 1 saturated carbocycles. The van der Waals surface area contributed by atoms with Gasteiger partial charge in [0, 0.05) is 6.04 Å². The Bertz CT molecular complexity index is 419. The molecule has 0 aromatic heterocycles. The highest BCUT2D eigenvalue weighted by atomic mass is 16.2. The molecule has 2 aliphatic rings. The fourth-order valence-corrected chi connectivity index (χ4v) is 3.63. The Balaban J connectivity index is 2.34. The summed E-state index contributed by atoms with van der Waals surface area (Å²) < 4.78 is 0. The third-order valence-electron chi connectivity index (χ3n) is 5.39. The SMILES string of the molecule is CCCC(C)N1C(=O)C(C)(C2CC2)NC(=O)C1C(C)CC. The van der Waals surface area contributed by atoms with Crippen molar-refractivity contribution in [3.05, 3.63) is 0 Å². The van der Waals surface area contributed by atoms with E-state index in [0.29, 0.717) is 5.92 Å². The predicted octanol–water partition coefficient (Wildman–Crippen LogP) is 2.72. The van der Waals surface area contributed by atoms with E-state index in [1.165, 1.54) is 0 Å². The predicted molar refractivity (Wildman–Crippen MR) is 83.7 cm³/mol. The standard InChI is InChI=1S/C17H30N2O2/c1-6-8-12(4)19-14(11(3)7-2)15(20)18-17(5,16(19)21)13-9-10-13/h11-14H,6-10H2,1-5H3,(H,18,20). The van der Waals surface area contributed by atoms with Crippen LogP contribution in [0.3, 0.4) is 0 Å². The first-order valence-corrected chi connectivity index (χ1v) is 8.51. The van der Waals surface area contributed by atoms with Gasteiger partial charge in [-0.05, 0) is 44.9 Å². The summed E-state index contributed by atoms with van der Waals surface area (Å²) in [4.78, 5) is 27.7. The van der Waals surface area contributed by atoms with Crippen LogP contribution in [0.15, 0.2) is 0 Å². The molecule has 1 aliphatic heterocycles. The molecular formula is C17H30N2O2. The molecule has 1 heterocycles. The highest BCUT2D eigenvalue weighted by Gasteiger charge is 2.56. The van der Waals surface area contributed by atoms with E-state index >= 15 is 0 Å². The fourth-order valence-electron chi connectivity index (χ4n) is 3.63. The number of rotatable bonds is 6. The van der Waals surface area contributed by atoms with Crippen LogP contribution >= 0.6 is 0 Å². The molecule has 0 aromatic carbocycles. The van der Waals surface area contributed by atoms with Gasteiger partial charge in [-0.1, -0.05) is 33.6 Å². The van der Waals surface area contributed by atoms with Crippen molar-refractivity contribution in [2.75, 3.05) is 0 Å². The van der Waals surface area contributed by atoms with Crippen molar-refractivity contribution in [1.82, 2.24) is 10.2 Å². The van der Waals surface area contributed by atoms with Gasteiger partial charge in [-0.2, -0.15) is 0 Å². The van der Waals surface area contributed by atoms with Gasteiger partial charge in [0.1, 0.15) is 11.6 Å². The van der Waals surface area contributed by atoms with Gasteiger partial charge in [0.15, 0.2) is 0 Å². The minimum atomic E-state index is -0.678. The summed E-state index contributed by atoms with van der Waals surface area (Å²) in [5, 5.41) is 3.07. The summed E-state index contributed by atoms with van der Waals surface area (Å²) in [6.45, 7) is 10.3. The third-order valence-corrected chi connectivity index (χ3v) is 5.39. The van der Waals surface area contributed by atoms with Crippen LogP contribution in [-0.4, -0.2) is 34.3 Å². The Labute approximate surface area is 128 Å². The maximum atomic E-state index is 13.1. The first-order chi connectivity index (χ1) is 9.86. The lowest BCUT2D eigenvalue weighted by Gasteiger charge is -2.49. The van der Waals surface area contributed by atoms with E-state index in [0.717, 1.165) is 32.1 Å². The largest absolute Gasteiger partial charge is 0.340 e. The van der Waals surface area contributed by atoms with Crippen molar-refractivity contribution in [3.8, 4) is 0 Å². The van der Waals surface area contributed by atoms with Crippen molar-refractivity contribution >= 4 is 11.8 Å². The van der Waals surface area contributed by atoms with E-state index in [4.69, 9.17) is 0 Å². The second-order valence-electron chi connectivity index (χ2n) is 7.15. The van der Waals surface area contributed by atoms with Crippen LogP contribution in [0.25, 0.3) is 0 Å². The summed E-state index contributed by atoms with van der Waals surface area (Å²) in [5.74, 6) is 0.692. The molecule has 1 N–H and O–H groups in total. The Hall–Kier alpha value is -1.06. The zero-order chi connectivity index (χ0) is 15.8. The normalized spacial score (nSPS) is 32.8. The first kappa shape index (κ1) is 16.3. The minimum Gasteiger partial charge on any atom is -0.340 e. The van der Waals surface area contributed by atoms with Gasteiger partial charge >= 0.3 is 0 Å². The molecule has 0 aromatic rings. The van der Waals surface area contributed by atoms with Gasteiger partial charge in [0.05, 0.1) is 0 Å². The molecular weight excluding hydrogens is 264 g/mol. The maximum Gasteiger partial charge on any atom is 0.249 e. The number of nitrogens with zero attached hydrogens (tertiary/aromatic N) is 1. The monoisotopic (exact) mass is 294 g/mol. The van der Waals surface area contributed by atoms with Crippen molar-refractivity contribution in [2.45, 2.75) is 84.3 Å². The number of nitrogens with one attached hydrogen (secondary N) is 1. The van der Waals surface area contributed by atoms with Crippen molar-refractivity contribution in [3.63, 3.8) is 0 Å². The van der Waals surface area contributed by atoms with Crippen LogP contribution in [0.5, 0.6) is 0 Å². The molecule has 4 nitrogen and oxygen atoms in total. The third kappa shape index (κ3) is 2.82. The zero-order valence-corrected chi connectivity index (χ0v) is 14.1. The second kappa shape index (κ2) is 5.98. The lowest BCUT2D eigenvalue weighted by atomic mass is 9.84. The molecule has 0 radical (unpaired) electrons. The molecule has 2 fully saturated rings. The number of hydrogen-bond donors (Lipinski definition) is 1. The molecule has 2 rings (SSSR count). The number of carbonyl (C=O) groups excluding carboxylic acids is 2. The average Bonchev–Trinajstić information content (AvgIpc) is 3.26. The quantitative estimate of drug-likeness (QED) is 0.819. The number of piperazine rings is 1. The molecule has 4 heteroatoms. The Morgan fingerprint density at radius 2 is 1.90 bits per heavy atom. The Kier molecular flexibility index (Phi) is 4.64. The Morgan fingerprint density at radius 3 is 2.38 bits per heavy atom. The van der Waals surface area contributed by atoms with Gasteiger partial charge in [-0.25, -0.2) is 0 Å². The van der Waals surface area contributed by atoms with Gasteiger partial charge in [-0.15, -0.1) is 0 Å². The highest BCUT2D eigenvalue weighted by Crippen LogP contribution is 2.43. The molecule has 1 aliphatic carbocycles. The molecule has 4 atom stereocenters. The molecule has 1 saturated heterocycles. The van der Waals surface area contributed by atoms with Crippen LogP contribution in [0.1, 0.15) is 66.7 Å². The number of amides is 2. The van der Waals surface area contributed by atoms with Gasteiger partial charge in [-0.3, -0.25) is 9.59 Å². The van der Waals surface area contributed by atoms with E-state index in [1.54, 1.807) is 0 Å². The molecule has 21 heavy (non-hydrogen) atoms. The first-order valence-electron chi connectivity index (χ1n) is 8.51. The van der Waals surface area contributed by atoms with Crippen molar-refractivity contribution < 1.29 is 9.59 Å².